The number of aromatic hydroxyl groups is 1. The van der Waals surface area contributed by atoms with Crippen LogP contribution < -0.4 is 10.5 Å². The summed E-state index contributed by atoms with van der Waals surface area (Å²) < 4.78 is 6.45. The molecular formula is C21H28N2O3. The fourth-order valence-corrected chi connectivity index (χ4v) is 6.97. The van der Waals surface area contributed by atoms with E-state index in [1.165, 1.54) is 18.4 Å². The standard InChI is InChI=1S/C21H28N2O3/c1-19-15(22)6-7-21(25)16-10-13-4-5-14(24)18(26-19)17(13)20(19,21)8-9-23(16)11-12-2-3-12/h4-5,12,15-16,24-25H,2-3,6-11,22H2,1H3/t15-,16+,19-,20-,21+/m0/s1. The Kier molecular flexibility index (Phi) is 2.76. The van der Waals surface area contributed by atoms with E-state index in [9.17, 15) is 10.2 Å². The predicted molar refractivity (Wildman–Crippen MR) is 97.4 cm³/mol. The SMILES string of the molecule is C[C@@]12Oc3c(O)ccc4c3[C@@]13CCN(CC1CC1)[C@H](C4)[C@]3(O)CC[C@@H]2N. The second-order valence-electron chi connectivity index (χ2n) is 9.54. The number of phenols is 1. The Morgan fingerprint density at radius 3 is 2.85 bits per heavy atom. The number of nitrogens with two attached hydrogens (primary N) is 1. The zero-order valence-electron chi connectivity index (χ0n) is 15.4. The minimum Gasteiger partial charge on any atom is -0.504 e. The molecule has 5 nitrogen and oxygen atoms in total. The monoisotopic (exact) mass is 356 g/mol. The first-order valence-electron chi connectivity index (χ1n) is 10.2. The van der Waals surface area contributed by atoms with E-state index in [1.807, 2.05) is 6.07 Å². The van der Waals surface area contributed by atoms with E-state index in [0.717, 1.165) is 43.8 Å². The van der Waals surface area contributed by atoms with Gasteiger partial charge in [0.25, 0.3) is 0 Å². The molecule has 0 aromatic heterocycles. The van der Waals surface area contributed by atoms with Crippen LogP contribution in [-0.2, 0) is 11.8 Å². The van der Waals surface area contributed by atoms with Gasteiger partial charge in [0.15, 0.2) is 11.5 Å². The van der Waals surface area contributed by atoms with Crippen molar-refractivity contribution in [2.24, 2.45) is 11.7 Å². The number of likely N-dealkylation sites (tertiary alicyclic amines) is 1. The maximum absolute atomic E-state index is 12.2. The smallest absolute Gasteiger partial charge is 0.166 e. The number of hydrogen-bond donors (Lipinski definition) is 3. The van der Waals surface area contributed by atoms with Crippen LogP contribution in [0, 0.1) is 5.92 Å². The first-order valence-corrected chi connectivity index (χ1v) is 10.2. The highest BCUT2D eigenvalue weighted by Gasteiger charge is 2.77. The summed E-state index contributed by atoms with van der Waals surface area (Å²) in [5.74, 6) is 1.57. The van der Waals surface area contributed by atoms with Crippen molar-refractivity contribution in [2.45, 2.75) is 74.1 Å². The van der Waals surface area contributed by atoms with E-state index in [0.29, 0.717) is 12.2 Å². The number of phenolic OH excluding ortho intramolecular Hbond substituents is 1. The molecule has 140 valence electrons. The molecule has 0 amide bonds. The Bertz CT molecular complexity index is 809. The molecule has 5 heteroatoms. The van der Waals surface area contributed by atoms with Crippen LogP contribution in [0.25, 0.3) is 0 Å². The van der Waals surface area contributed by atoms with Crippen molar-refractivity contribution in [3.8, 4) is 11.5 Å². The maximum Gasteiger partial charge on any atom is 0.166 e. The summed E-state index contributed by atoms with van der Waals surface area (Å²) in [6.07, 6.45) is 5.81. The number of rotatable bonds is 2. The average molecular weight is 356 g/mol. The molecule has 3 fully saturated rings. The maximum atomic E-state index is 12.2. The average Bonchev–Trinajstić information content (AvgIpc) is 3.36. The van der Waals surface area contributed by atoms with Gasteiger partial charge < -0.3 is 20.7 Å². The minimum atomic E-state index is -0.837. The van der Waals surface area contributed by atoms with Gasteiger partial charge in [-0.3, -0.25) is 4.90 Å². The number of aliphatic hydroxyl groups is 1. The van der Waals surface area contributed by atoms with Crippen LogP contribution in [0.5, 0.6) is 11.5 Å². The zero-order chi connectivity index (χ0) is 17.9. The first kappa shape index (κ1) is 15.7. The molecule has 4 N–H and O–H groups in total. The topological polar surface area (TPSA) is 79.0 Å². The van der Waals surface area contributed by atoms with E-state index in [4.69, 9.17) is 10.5 Å². The quantitative estimate of drug-likeness (QED) is 0.751. The fourth-order valence-electron chi connectivity index (χ4n) is 6.97. The second kappa shape index (κ2) is 4.57. The van der Waals surface area contributed by atoms with Crippen molar-refractivity contribution >= 4 is 0 Å². The molecular weight excluding hydrogens is 328 g/mol. The Labute approximate surface area is 154 Å². The van der Waals surface area contributed by atoms with Crippen molar-refractivity contribution in [3.63, 3.8) is 0 Å². The molecule has 2 bridgehead atoms. The predicted octanol–water partition coefficient (Wildman–Crippen LogP) is 1.67. The third kappa shape index (κ3) is 1.53. The molecule has 6 rings (SSSR count). The highest BCUT2D eigenvalue weighted by atomic mass is 16.5. The molecule has 5 atom stereocenters. The number of ether oxygens (including phenoxy) is 1. The number of nitrogens with zero attached hydrogens (tertiary/aromatic N) is 1. The van der Waals surface area contributed by atoms with Crippen molar-refractivity contribution in [3.05, 3.63) is 23.3 Å². The molecule has 3 aliphatic carbocycles. The van der Waals surface area contributed by atoms with Gasteiger partial charge in [0, 0.05) is 24.2 Å². The van der Waals surface area contributed by atoms with E-state index in [-0.39, 0.29) is 17.8 Å². The summed E-state index contributed by atoms with van der Waals surface area (Å²) in [4.78, 5) is 2.55. The number of piperidine rings is 1. The normalized spacial score (nSPS) is 46.0. The van der Waals surface area contributed by atoms with E-state index < -0.39 is 16.6 Å². The molecule has 0 unspecified atom stereocenters. The summed E-state index contributed by atoms with van der Waals surface area (Å²) >= 11 is 0. The lowest BCUT2D eigenvalue weighted by molar-refractivity contribution is -0.216. The highest BCUT2D eigenvalue weighted by molar-refractivity contribution is 5.64. The van der Waals surface area contributed by atoms with Crippen molar-refractivity contribution in [2.75, 3.05) is 13.1 Å². The number of hydrogen-bond acceptors (Lipinski definition) is 5. The van der Waals surface area contributed by atoms with Crippen molar-refractivity contribution < 1.29 is 14.9 Å². The van der Waals surface area contributed by atoms with E-state index in [1.54, 1.807) is 6.07 Å². The summed E-state index contributed by atoms with van der Waals surface area (Å²) in [5.41, 5.74) is 6.87. The van der Waals surface area contributed by atoms with E-state index in [2.05, 4.69) is 11.8 Å². The lowest BCUT2D eigenvalue weighted by Crippen LogP contribution is -2.81. The van der Waals surface area contributed by atoms with Crippen LogP contribution in [0.1, 0.15) is 50.2 Å². The van der Waals surface area contributed by atoms with Crippen LogP contribution in [-0.4, -0.2) is 51.5 Å². The molecule has 0 radical (unpaired) electrons. The first-order chi connectivity index (χ1) is 12.4. The third-order valence-electron chi connectivity index (χ3n) is 8.46. The number of benzene rings is 1. The summed E-state index contributed by atoms with van der Waals surface area (Å²) in [6.45, 7) is 4.15. The summed E-state index contributed by atoms with van der Waals surface area (Å²) in [6, 6.07) is 3.77. The minimum absolute atomic E-state index is 0.121. The van der Waals surface area contributed by atoms with Crippen LogP contribution in [0.15, 0.2) is 12.1 Å². The lowest BCUT2D eigenvalue weighted by Gasteiger charge is -2.67. The third-order valence-corrected chi connectivity index (χ3v) is 8.46. The zero-order valence-corrected chi connectivity index (χ0v) is 15.4. The molecule has 1 aromatic rings. The van der Waals surface area contributed by atoms with Crippen LogP contribution >= 0.6 is 0 Å². The second-order valence-corrected chi connectivity index (χ2v) is 9.54. The van der Waals surface area contributed by atoms with Crippen molar-refractivity contribution in [1.29, 1.82) is 0 Å². The van der Waals surface area contributed by atoms with Gasteiger partial charge in [-0.25, -0.2) is 0 Å². The van der Waals surface area contributed by atoms with Crippen molar-refractivity contribution in [1.82, 2.24) is 4.90 Å². The molecule has 2 aliphatic heterocycles. The van der Waals surface area contributed by atoms with Gasteiger partial charge in [-0.05, 0) is 69.5 Å². The molecule has 1 spiro atoms. The molecule has 26 heavy (non-hydrogen) atoms. The van der Waals surface area contributed by atoms with Crippen LogP contribution in [0.2, 0.25) is 0 Å². The molecule has 2 saturated carbocycles. The summed E-state index contributed by atoms with van der Waals surface area (Å²) in [7, 11) is 0. The van der Waals surface area contributed by atoms with E-state index >= 15 is 0 Å². The molecule has 5 aliphatic rings. The van der Waals surface area contributed by atoms with Gasteiger partial charge in [0.1, 0.15) is 5.60 Å². The van der Waals surface area contributed by atoms with Gasteiger partial charge in [0.05, 0.1) is 11.0 Å². The molecule has 1 saturated heterocycles. The molecule has 1 aromatic carbocycles. The van der Waals surface area contributed by atoms with Gasteiger partial charge >= 0.3 is 0 Å². The molecule has 2 heterocycles. The largest absolute Gasteiger partial charge is 0.504 e. The van der Waals surface area contributed by atoms with Crippen LogP contribution in [0.3, 0.4) is 0 Å². The van der Waals surface area contributed by atoms with Crippen LogP contribution in [0.4, 0.5) is 0 Å². The van der Waals surface area contributed by atoms with Gasteiger partial charge in [0.2, 0.25) is 0 Å². The lowest BCUT2D eigenvalue weighted by atomic mass is 9.44. The van der Waals surface area contributed by atoms with Gasteiger partial charge in [-0.15, -0.1) is 0 Å². The van der Waals surface area contributed by atoms with Gasteiger partial charge in [-0.1, -0.05) is 6.07 Å². The Balaban J connectivity index is 1.60. The van der Waals surface area contributed by atoms with Gasteiger partial charge in [-0.2, -0.15) is 0 Å². The highest BCUT2D eigenvalue weighted by Crippen LogP contribution is 2.69. The Morgan fingerprint density at radius 1 is 1.27 bits per heavy atom. The Morgan fingerprint density at radius 2 is 2.08 bits per heavy atom. The fraction of sp³-hybridized carbons (Fsp3) is 0.714. The summed E-state index contributed by atoms with van der Waals surface area (Å²) in [5, 5.41) is 22.7. The Hall–Kier alpha value is -1.30.